The van der Waals surface area contributed by atoms with E-state index in [1.165, 1.54) is 0 Å². The highest BCUT2D eigenvalue weighted by atomic mass is 16.3. The number of hydrogen-bond acceptors (Lipinski definition) is 2. The number of aliphatic hydroxyl groups excluding tert-OH is 2. The zero-order chi connectivity index (χ0) is 10.6. The number of benzene rings is 1. The van der Waals surface area contributed by atoms with Crippen molar-refractivity contribution in [2.75, 3.05) is 13.2 Å². The van der Waals surface area contributed by atoms with E-state index in [0.717, 1.165) is 11.1 Å². The summed E-state index contributed by atoms with van der Waals surface area (Å²) in [4.78, 5) is 0. The molecule has 1 aromatic rings. The second-order valence-electron chi connectivity index (χ2n) is 4.22. The summed E-state index contributed by atoms with van der Waals surface area (Å²) in [6.07, 6.45) is 0.676. The van der Waals surface area contributed by atoms with Crippen LogP contribution in [0, 0.1) is 0 Å². The molecule has 1 aromatic carbocycles. The Morgan fingerprint density at radius 1 is 1.21 bits per heavy atom. The first-order chi connectivity index (χ1) is 6.60. The molecule has 0 amide bonds. The standard InChI is InChI=1S/C12H18O2/c1-12(2,9-14)11-5-3-4-10(8-11)6-7-13/h3-5,8,13-14H,6-7,9H2,1-2H3. The Morgan fingerprint density at radius 3 is 2.50 bits per heavy atom. The third kappa shape index (κ3) is 2.56. The second kappa shape index (κ2) is 4.58. The molecule has 0 saturated carbocycles. The minimum absolute atomic E-state index is 0.135. The third-order valence-electron chi connectivity index (χ3n) is 2.50. The highest BCUT2D eigenvalue weighted by Crippen LogP contribution is 2.23. The Kier molecular flexibility index (Phi) is 3.67. The van der Waals surface area contributed by atoms with Crippen LogP contribution >= 0.6 is 0 Å². The lowest BCUT2D eigenvalue weighted by Gasteiger charge is -2.22. The van der Waals surface area contributed by atoms with Gasteiger partial charge in [0.25, 0.3) is 0 Å². The van der Waals surface area contributed by atoms with Gasteiger partial charge in [0.15, 0.2) is 0 Å². The molecule has 0 aromatic heterocycles. The van der Waals surface area contributed by atoms with Crippen LogP contribution in [-0.4, -0.2) is 23.4 Å². The fraction of sp³-hybridized carbons (Fsp3) is 0.500. The molecule has 78 valence electrons. The van der Waals surface area contributed by atoms with Gasteiger partial charge in [-0.3, -0.25) is 0 Å². The highest BCUT2D eigenvalue weighted by Gasteiger charge is 2.19. The fourth-order valence-corrected chi connectivity index (χ4v) is 1.37. The smallest absolute Gasteiger partial charge is 0.0522 e. The molecule has 0 aliphatic rings. The van der Waals surface area contributed by atoms with Gasteiger partial charge in [-0.2, -0.15) is 0 Å². The minimum atomic E-state index is -0.203. The first kappa shape index (κ1) is 11.2. The molecule has 0 radical (unpaired) electrons. The van der Waals surface area contributed by atoms with E-state index in [1.54, 1.807) is 0 Å². The molecule has 0 bridgehead atoms. The van der Waals surface area contributed by atoms with Gasteiger partial charge >= 0.3 is 0 Å². The molecule has 0 saturated heterocycles. The van der Waals surface area contributed by atoms with Gasteiger partial charge in [-0.1, -0.05) is 38.1 Å². The maximum Gasteiger partial charge on any atom is 0.0522 e. The average molecular weight is 194 g/mol. The molecule has 0 aliphatic heterocycles. The second-order valence-corrected chi connectivity index (χ2v) is 4.22. The first-order valence-electron chi connectivity index (χ1n) is 4.91. The van der Waals surface area contributed by atoms with Crippen LogP contribution in [0.15, 0.2) is 24.3 Å². The molecule has 0 spiro atoms. The number of hydrogen-bond donors (Lipinski definition) is 2. The summed E-state index contributed by atoms with van der Waals surface area (Å²) in [5, 5.41) is 18.0. The topological polar surface area (TPSA) is 40.5 Å². The van der Waals surface area contributed by atoms with E-state index in [4.69, 9.17) is 5.11 Å². The van der Waals surface area contributed by atoms with Gasteiger partial charge in [-0.25, -0.2) is 0 Å². The summed E-state index contributed by atoms with van der Waals surface area (Å²) in [5.74, 6) is 0. The van der Waals surface area contributed by atoms with Crippen LogP contribution in [0.25, 0.3) is 0 Å². The van der Waals surface area contributed by atoms with Gasteiger partial charge in [-0.15, -0.1) is 0 Å². The molecule has 0 atom stereocenters. The lowest BCUT2D eigenvalue weighted by atomic mass is 9.84. The maximum absolute atomic E-state index is 9.22. The van der Waals surface area contributed by atoms with Crippen molar-refractivity contribution in [3.8, 4) is 0 Å². The van der Waals surface area contributed by atoms with E-state index in [-0.39, 0.29) is 18.6 Å². The van der Waals surface area contributed by atoms with E-state index in [2.05, 4.69) is 0 Å². The molecule has 0 aliphatic carbocycles. The molecular formula is C12H18O2. The van der Waals surface area contributed by atoms with E-state index < -0.39 is 0 Å². The van der Waals surface area contributed by atoms with E-state index in [9.17, 15) is 5.11 Å². The lowest BCUT2D eigenvalue weighted by Crippen LogP contribution is -2.22. The quantitative estimate of drug-likeness (QED) is 0.762. The Bertz CT molecular complexity index is 292. The largest absolute Gasteiger partial charge is 0.396 e. The molecular weight excluding hydrogens is 176 g/mol. The van der Waals surface area contributed by atoms with E-state index in [0.29, 0.717) is 6.42 Å². The Morgan fingerprint density at radius 2 is 1.93 bits per heavy atom. The summed E-state index contributed by atoms with van der Waals surface area (Å²) in [5.41, 5.74) is 2.03. The summed E-state index contributed by atoms with van der Waals surface area (Å²) < 4.78 is 0. The van der Waals surface area contributed by atoms with Crippen molar-refractivity contribution in [1.82, 2.24) is 0 Å². The van der Waals surface area contributed by atoms with Crippen molar-refractivity contribution < 1.29 is 10.2 Å². The minimum Gasteiger partial charge on any atom is -0.396 e. The normalized spacial score (nSPS) is 11.7. The van der Waals surface area contributed by atoms with Crippen molar-refractivity contribution >= 4 is 0 Å². The van der Waals surface area contributed by atoms with Crippen molar-refractivity contribution in [3.63, 3.8) is 0 Å². The van der Waals surface area contributed by atoms with Gasteiger partial charge in [0, 0.05) is 12.0 Å². The van der Waals surface area contributed by atoms with Crippen molar-refractivity contribution in [2.24, 2.45) is 0 Å². The molecule has 0 unspecified atom stereocenters. The molecule has 2 nitrogen and oxygen atoms in total. The zero-order valence-corrected chi connectivity index (χ0v) is 8.83. The van der Waals surface area contributed by atoms with Gasteiger partial charge in [0.2, 0.25) is 0 Å². The summed E-state index contributed by atoms with van der Waals surface area (Å²) >= 11 is 0. The average Bonchev–Trinajstić information content (AvgIpc) is 2.19. The summed E-state index contributed by atoms with van der Waals surface area (Å²) in [6.45, 7) is 4.31. The van der Waals surface area contributed by atoms with Crippen LogP contribution in [0.2, 0.25) is 0 Å². The molecule has 0 fully saturated rings. The predicted octanol–water partition coefficient (Wildman–Crippen LogP) is 1.49. The van der Waals surface area contributed by atoms with Gasteiger partial charge < -0.3 is 10.2 Å². The molecule has 0 heterocycles. The van der Waals surface area contributed by atoms with Crippen LogP contribution in [0.4, 0.5) is 0 Å². The molecule has 2 N–H and O–H groups in total. The van der Waals surface area contributed by atoms with Crippen molar-refractivity contribution in [2.45, 2.75) is 25.7 Å². The maximum atomic E-state index is 9.22. The Labute approximate surface area is 85.2 Å². The van der Waals surface area contributed by atoms with Crippen LogP contribution in [0.3, 0.4) is 0 Å². The van der Waals surface area contributed by atoms with Crippen LogP contribution in [0.1, 0.15) is 25.0 Å². The van der Waals surface area contributed by atoms with E-state index in [1.807, 2.05) is 38.1 Å². The van der Waals surface area contributed by atoms with Crippen LogP contribution in [0.5, 0.6) is 0 Å². The van der Waals surface area contributed by atoms with Crippen LogP contribution < -0.4 is 0 Å². The van der Waals surface area contributed by atoms with E-state index >= 15 is 0 Å². The Balaban J connectivity index is 2.93. The molecule has 14 heavy (non-hydrogen) atoms. The van der Waals surface area contributed by atoms with Crippen LogP contribution in [-0.2, 0) is 11.8 Å². The Hall–Kier alpha value is -0.860. The summed E-state index contributed by atoms with van der Waals surface area (Å²) in [6, 6.07) is 8.02. The zero-order valence-electron chi connectivity index (χ0n) is 8.83. The van der Waals surface area contributed by atoms with Gasteiger partial charge in [0.1, 0.15) is 0 Å². The van der Waals surface area contributed by atoms with Crippen molar-refractivity contribution in [1.29, 1.82) is 0 Å². The van der Waals surface area contributed by atoms with Gasteiger partial charge in [-0.05, 0) is 17.5 Å². The first-order valence-corrected chi connectivity index (χ1v) is 4.91. The third-order valence-corrected chi connectivity index (χ3v) is 2.50. The number of aliphatic hydroxyl groups is 2. The summed E-state index contributed by atoms with van der Waals surface area (Å²) in [7, 11) is 0. The fourth-order valence-electron chi connectivity index (χ4n) is 1.37. The SMILES string of the molecule is CC(C)(CO)c1cccc(CCO)c1. The number of rotatable bonds is 4. The predicted molar refractivity (Wildman–Crippen MR) is 57.3 cm³/mol. The monoisotopic (exact) mass is 194 g/mol. The molecule has 1 rings (SSSR count). The van der Waals surface area contributed by atoms with Crippen molar-refractivity contribution in [3.05, 3.63) is 35.4 Å². The van der Waals surface area contributed by atoms with Gasteiger partial charge in [0.05, 0.1) is 6.61 Å². The lowest BCUT2D eigenvalue weighted by molar-refractivity contribution is 0.218. The highest BCUT2D eigenvalue weighted by molar-refractivity contribution is 5.29. The molecule has 2 heteroatoms.